The Morgan fingerprint density at radius 1 is 1.17 bits per heavy atom. The average molecular weight is 270 g/mol. The molecular weight excluding hydrogens is 248 g/mol. The SMILES string of the molecule is CCCS(=O)(=O)CCC(C)C(O)c1ccccc1. The third-order valence-corrected chi connectivity index (χ3v) is 4.97. The van der Waals surface area contributed by atoms with Crippen LogP contribution in [-0.4, -0.2) is 25.0 Å². The van der Waals surface area contributed by atoms with Crippen molar-refractivity contribution < 1.29 is 13.5 Å². The zero-order chi connectivity index (χ0) is 13.6. The second-order valence-electron chi connectivity index (χ2n) is 4.77. The molecule has 1 N–H and O–H groups in total. The summed E-state index contributed by atoms with van der Waals surface area (Å²) in [5, 5.41) is 10.1. The molecule has 2 unspecified atom stereocenters. The summed E-state index contributed by atoms with van der Waals surface area (Å²) < 4.78 is 23.2. The van der Waals surface area contributed by atoms with Crippen molar-refractivity contribution in [3.8, 4) is 0 Å². The zero-order valence-corrected chi connectivity index (χ0v) is 11.9. The number of hydrogen-bond donors (Lipinski definition) is 1. The Hall–Kier alpha value is -0.870. The van der Waals surface area contributed by atoms with Crippen LogP contribution >= 0.6 is 0 Å². The van der Waals surface area contributed by atoms with Crippen molar-refractivity contribution in [2.75, 3.05) is 11.5 Å². The molecule has 3 nitrogen and oxygen atoms in total. The Morgan fingerprint density at radius 2 is 1.78 bits per heavy atom. The van der Waals surface area contributed by atoms with Gasteiger partial charge in [0.05, 0.1) is 11.9 Å². The van der Waals surface area contributed by atoms with Crippen LogP contribution in [0.5, 0.6) is 0 Å². The Morgan fingerprint density at radius 3 is 2.33 bits per heavy atom. The van der Waals surface area contributed by atoms with Crippen molar-refractivity contribution in [3.05, 3.63) is 35.9 Å². The quantitative estimate of drug-likeness (QED) is 0.828. The molecule has 102 valence electrons. The second-order valence-corrected chi connectivity index (χ2v) is 7.08. The summed E-state index contributed by atoms with van der Waals surface area (Å²) in [6.07, 6.45) is 0.555. The van der Waals surface area contributed by atoms with E-state index in [9.17, 15) is 13.5 Å². The lowest BCUT2D eigenvalue weighted by molar-refractivity contribution is 0.116. The summed E-state index contributed by atoms with van der Waals surface area (Å²) in [5.74, 6) is 0.339. The summed E-state index contributed by atoms with van der Waals surface area (Å²) in [6, 6.07) is 9.37. The van der Waals surface area contributed by atoms with E-state index in [2.05, 4.69) is 0 Å². The van der Waals surface area contributed by atoms with E-state index in [1.165, 1.54) is 0 Å². The van der Waals surface area contributed by atoms with Gasteiger partial charge in [-0.15, -0.1) is 0 Å². The molecule has 0 bridgehead atoms. The predicted octanol–water partition coefficient (Wildman–Crippen LogP) is 2.57. The molecule has 1 aromatic rings. The lowest BCUT2D eigenvalue weighted by Crippen LogP contribution is -2.17. The number of sulfone groups is 1. The van der Waals surface area contributed by atoms with E-state index in [0.29, 0.717) is 12.8 Å². The van der Waals surface area contributed by atoms with Gasteiger partial charge in [-0.3, -0.25) is 0 Å². The van der Waals surface area contributed by atoms with Crippen molar-refractivity contribution in [2.24, 2.45) is 5.92 Å². The number of benzene rings is 1. The summed E-state index contributed by atoms with van der Waals surface area (Å²) in [6.45, 7) is 3.75. The standard InChI is InChI=1S/C14H22O3S/c1-3-10-18(16,17)11-9-12(2)14(15)13-7-5-4-6-8-13/h4-8,12,14-15H,3,9-11H2,1-2H3. The van der Waals surface area contributed by atoms with Gasteiger partial charge in [0.1, 0.15) is 9.84 Å². The molecule has 0 aromatic heterocycles. The minimum absolute atomic E-state index is 0.0565. The first-order valence-corrected chi connectivity index (χ1v) is 8.22. The molecule has 0 radical (unpaired) electrons. The van der Waals surface area contributed by atoms with Crippen LogP contribution in [0.25, 0.3) is 0 Å². The van der Waals surface area contributed by atoms with Crippen molar-refractivity contribution in [2.45, 2.75) is 32.8 Å². The first-order valence-electron chi connectivity index (χ1n) is 6.39. The van der Waals surface area contributed by atoms with Crippen molar-refractivity contribution in [1.29, 1.82) is 0 Å². The molecule has 0 saturated heterocycles. The molecule has 0 amide bonds. The summed E-state index contributed by atoms with van der Waals surface area (Å²) >= 11 is 0. The van der Waals surface area contributed by atoms with Crippen molar-refractivity contribution in [3.63, 3.8) is 0 Å². The largest absolute Gasteiger partial charge is 0.388 e. The van der Waals surface area contributed by atoms with Gasteiger partial charge in [-0.05, 0) is 24.3 Å². The van der Waals surface area contributed by atoms with E-state index in [4.69, 9.17) is 0 Å². The fraction of sp³-hybridized carbons (Fsp3) is 0.571. The van der Waals surface area contributed by atoms with Gasteiger partial charge in [-0.1, -0.05) is 44.2 Å². The molecule has 4 heteroatoms. The lowest BCUT2D eigenvalue weighted by Gasteiger charge is -2.19. The Bertz CT molecular complexity index is 439. The van der Waals surface area contributed by atoms with Gasteiger partial charge in [0.15, 0.2) is 0 Å². The van der Waals surface area contributed by atoms with Crippen molar-refractivity contribution >= 4 is 9.84 Å². The first-order chi connectivity index (χ1) is 8.46. The lowest BCUT2D eigenvalue weighted by atomic mass is 9.95. The van der Waals surface area contributed by atoms with Gasteiger partial charge < -0.3 is 5.11 Å². The molecule has 1 rings (SSSR count). The van der Waals surface area contributed by atoms with Crippen LogP contribution in [0.1, 0.15) is 38.4 Å². The van der Waals surface area contributed by atoms with Crippen LogP contribution in [0.3, 0.4) is 0 Å². The van der Waals surface area contributed by atoms with Crippen LogP contribution in [0.15, 0.2) is 30.3 Å². The van der Waals surface area contributed by atoms with Crippen LogP contribution in [0, 0.1) is 5.92 Å². The van der Waals surface area contributed by atoms with Gasteiger partial charge in [0, 0.05) is 5.75 Å². The molecule has 0 spiro atoms. The monoisotopic (exact) mass is 270 g/mol. The maximum absolute atomic E-state index is 11.6. The third-order valence-electron chi connectivity index (χ3n) is 3.08. The molecule has 0 saturated carbocycles. The van der Waals surface area contributed by atoms with E-state index < -0.39 is 15.9 Å². The number of hydrogen-bond acceptors (Lipinski definition) is 3. The highest BCUT2D eigenvalue weighted by Gasteiger charge is 2.19. The van der Waals surface area contributed by atoms with Gasteiger partial charge in [0.25, 0.3) is 0 Å². The fourth-order valence-electron chi connectivity index (χ4n) is 1.92. The van der Waals surface area contributed by atoms with E-state index in [-0.39, 0.29) is 17.4 Å². The molecule has 0 aliphatic carbocycles. The van der Waals surface area contributed by atoms with Crippen LogP contribution < -0.4 is 0 Å². The van der Waals surface area contributed by atoms with Crippen LogP contribution in [-0.2, 0) is 9.84 Å². The highest BCUT2D eigenvalue weighted by molar-refractivity contribution is 7.91. The second kappa shape index (κ2) is 6.90. The summed E-state index contributed by atoms with van der Waals surface area (Å²) in [7, 11) is -2.95. The van der Waals surface area contributed by atoms with E-state index in [1.54, 1.807) is 0 Å². The van der Waals surface area contributed by atoms with Gasteiger partial charge in [-0.2, -0.15) is 0 Å². The topological polar surface area (TPSA) is 54.4 Å². The molecular formula is C14H22O3S. The molecule has 0 heterocycles. The minimum atomic E-state index is -2.95. The van der Waals surface area contributed by atoms with Crippen LogP contribution in [0.4, 0.5) is 0 Å². The van der Waals surface area contributed by atoms with Gasteiger partial charge in [-0.25, -0.2) is 8.42 Å². The Labute approximate surface area is 110 Å². The van der Waals surface area contributed by atoms with Gasteiger partial charge >= 0.3 is 0 Å². The number of aliphatic hydroxyl groups is 1. The maximum Gasteiger partial charge on any atom is 0.150 e. The first kappa shape index (κ1) is 15.2. The molecule has 0 fully saturated rings. The van der Waals surface area contributed by atoms with E-state index in [1.807, 2.05) is 44.2 Å². The smallest absolute Gasteiger partial charge is 0.150 e. The van der Waals surface area contributed by atoms with Crippen molar-refractivity contribution in [1.82, 2.24) is 0 Å². The molecule has 0 aliphatic heterocycles. The normalized spacial score (nSPS) is 15.3. The Balaban J connectivity index is 2.54. The van der Waals surface area contributed by atoms with E-state index >= 15 is 0 Å². The zero-order valence-electron chi connectivity index (χ0n) is 11.0. The summed E-state index contributed by atoms with van der Waals surface area (Å²) in [4.78, 5) is 0. The molecule has 1 aromatic carbocycles. The highest BCUT2D eigenvalue weighted by Crippen LogP contribution is 2.24. The number of rotatable bonds is 7. The molecule has 2 atom stereocenters. The van der Waals surface area contributed by atoms with Gasteiger partial charge in [0.2, 0.25) is 0 Å². The minimum Gasteiger partial charge on any atom is -0.388 e. The molecule has 0 aliphatic rings. The highest BCUT2D eigenvalue weighted by atomic mass is 32.2. The average Bonchev–Trinajstić information content (AvgIpc) is 2.36. The molecule has 18 heavy (non-hydrogen) atoms. The predicted molar refractivity (Wildman–Crippen MR) is 74.1 cm³/mol. The van der Waals surface area contributed by atoms with E-state index in [0.717, 1.165) is 5.56 Å². The fourth-order valence-corrected chi connectivity index (χ4v) is 3.47. The van der Waals surface area contributed by atoms with Crippen LogP contribution in [0.2, 0.25) is 0 Å². The number of aliphatic hydroxyl groups excluding tert-OH is 1. The summed E-state index contributed by atoms with van der Waals surface area (Å²) in [5.41, 5.74) is 0.845. The Kier molecular flexibility index (Phi) is 5.82. The third kappa shape index (κ3) is 4.78. The maximum atomic E-state index is 11.6.